The maximum absolute atomic E-state index is 9.15. The number of rotatable bonds is 1. The van der Waals surface area contributed by atoms with E-state index in [4.69, 9.17) is 5.11 Å². The van der Waals surface area contributed by atoms with Crippen molar-refractivity contribution in [2.24, 2.45) is 17.3 Å². The Morgan fingerprint density at radius 3 is 2.60 bits per heavy atom. The third kappa shape index (κ3) is 0.731. The number of fused-ring (bicyclic) bond motifs is 2. The van der Waals surface area contributed by atoms with E-state index in [0.717, 1.165) is 11.8 Å². The van der Waals surface area contributed by atoms with Crippen molar-refractivity contribution in [2.45, 2.75) is 32.6 Å². The van der Waals surface area contributed by atoms with E-state index in [1.165, 1.54) is 25.7 Å². The minimum Gasteiger partial charge on any atom is -0.396 e. The Bertz CT molecular complexity index is 144. The zero-order chi connectivity index (χ0) is 7.19. The summed E-state index contributed by atoms with van der Waals surface area (Å²) < 4.78 is 0. The molecular weight excluding hydrogens is 124 g/mol. The lowest BCUT2D eigenvalue weighted by atomic mass is 9.75. The fourth-order valence-electron chi connectivity index (χ4n) is 2.91. The lowest BCUT2D eigenvalue weighted by molar-refractivity contribution is 0.0835. The van der Waals surface area contributed by atoms with Crippen LogP contribution in [0.4, 0.5) is 0 Å². The van der Waals surface area contributed by atoms with E-state index in [2.05, 4.69) is 6.92 Å². The van der Waals surface area contributed by atoms with Crippen molar-refractivity contribution in [3.05, 3.63) is 0 Å². The van der Waals surface area contributed by atoms with Crippen molar-refractivity contribution in [1.82, 2.24) is 0 Å². The Morgan fingerprint density at radius 2 is 2.30 bits per heavy atom. The van der Waals surface area contributed by atoms with E-state index < -0.39 is 0 Å². The molecule has 3 unspecified atom stereocenters. The van der Waals surface area contributed by atoms with Crippen molar-refractivity contribution >= 4 is 0 Å². The molecule has 2 saturated carbocycles. The third-order valence-corrected chi connectivity index (χ3v) is 3.64. The molecule has 3 atom stereocenters. The molecule has 0 radical (unpaired) electrons. The first-order valence-electron chi connectivity index (χ1n) is 4.35. The van der Waals surface area contributed by atoms with Gasteiger partial charge in [-0.3, -0.25) is 0 Å². The number of aliphatic hydroxyl groups excluding tert-OH is 1. The van der Waals surface area contributed by atoms with E-state index in [9.17, 15) is 0 Å². The molecule has 0 heterocycles. The molecule has 2 rings (SSSR count). The van der Waals surface area contributed by atoms with Crippen LogP contribution < -0.4 is 0 Å². The molecule has 0 aromatic carbocycles. The molecule has 1 N–H and O–H groups in total. The summed E-state index contributed by atoms with van der Waals surface area (Å²) in [6, 6.07) is 0. The van der Waals surface area contributed by atoms with Crippen LogP contribution in [0.1, 0.15) is 32.6 Å². The second kappa shape index (κ2) is 1.97. The van der Waals surface area contributed by atoms with Gasteiger partial charge in [0.05, 0.1) is 0 Å². The zero-order valence-corrected chi connectivity index (χ0v) is 6.64. The first kappa shape index (κ1) is 6.66. The first-order valence-corrected chi connectivity index (χ1v) is 4.35. The van der Waals surface area contributed by atoms with Gasteiger partial charge in [0, 0.05) is 6.61 Å². The Kier molecular flexibility index (Phi) is 1.31. The monoisotopic (exact) mass is 140 g/mol. The maximum atomic E-state index is 9.15. The van der Waals surface area contributed by atoms with Crippen molar-refractivity contribution in [3.8, 4) is 0 Å². The van der Waals surface area contributed by atoms with Gasteiger partial charge in [0.15, 0.2) is 0 Å². The highest BCUT2D eigenvalue weighted by molar-refractivity contribution is 4.97. The van der Waals surface area contributed by atoms with Crippen LogP contribution in [0.3, 0.4) is 0 Å². The van der Waals surface area contributed by atoms with E-state index in [1.807, 2.05) is 0 Å². The summed E-state index contributed by atoms with van der Waals surface area (Å²) in [5.74, 6) is 1.81. The van der Waals surface area contributed by atoms with E-state index in [-0.39, 0.29) is 0 Å². The van der Waals surface area contributed by atoms with Gasteiger partial charge in [-0.25, -0.2) is 0 Å². The van der Waals surface area contributed by atoms with Gasteiger partial charge in [-0.15, -0.1) is 0 Å². The van der Waals surface area contributed by atoms with Crippen LogP contribution in [0.2, 0.25) is 0 Å². The smallest absolute Gasteiger partial charge is 0.0487 e. The molecule has 0 aliphatic heterocycles. The van der Waals surface area contributed by atoms with Crippen LogP contribution in [0, 0.1) is 17.3 Å². The van der Waals surface area contributed by atoms with Gasteiger partial charge in [-0.05, 0) is 36.5 Å². The Morgan fingerprint density at radius 1 is 1.50 bits per heavy atom. The van der Waals surface area contributed by atoms with Crippen LogP contribution in [0.5, 0.6) is 0 Å². The van der Waals surface area contributed by atoms with Crippen LogP contribution in [0.15, 0.2) is 0 Å². The highest BCUT2D eigenvalue weighted by atomic mass is 16.3. The summed E-state index contributed by atoms with van der Waals surface area (Å²) >= 11 is 0. The second-order valence-electron chi connectivity index (χ2n) is 4.39. The number of hydrogen-bond donors (Lipinski definition) is 1. The van der Waals surface area contributed by atoms with E-state index in [0.29, 0.717) is 12.0 Å². The molecule has 0 saturated heterocycles. The lowest BCUT2D eigenvalue weighted by Gasteiger charge is -2.31. The largest absolute Gasteiger partial charge is 0.396 e. The maximum Gasteiger partial charge on any atom is 0.0487 e. The molecule has 58 valence electrons. The highest BCUT2D eigenvalue weighted by Crippen LogP contribution is 2.55. The van der Waals surface area contributed by atoms with E-state index in [1.54, 1.807) is 0 Å². The second-order valence-corrected chi connectivity index (χ2v) is 4.39. The summed E-state index contributed by atoms with van der Waals surface area (Å²) in [7, 11) is 0. The average Bonchev–Trinajstić information content (AvgIpc) is 2.46. The summed E-state index contributed by atoms with van der Waals surface area (Å²) in [4.78, 5) is 0. The standard InChI is InChI=1S/C9H16O/c1-9(6-10)5-7-2-3-8(9)4-7/h7-8,10H,2-6H2,1H3. The zero-order valence-electron chi connectivity index (χ0n) is 6.64. The van der Waals surface area contributed by atoms with E-state index >= 15 is 0 Å². The molecule has 2 aliphatic rings. The molecule has 2 aliphatic carbocycles. The normalized spacial score (nSPS) is 52.2. The van der Waals surface area contributed by atoms with Crippen LogP contribution in [-0.4, -0.2) is 11.7 Å². The van der Waals surface area contributed by atoms with Crippen LogP contribution in [-0.2, 0) is 0 Å². The number of aliphatic hydroxyl groups is 1. The molecule has 2 fully saturated rings. The minimum atomic E-state index is 0.308. The molecule has 0 spiro atoms. The molecule has 0 aromatic rings. The Balaban J connectivity index is 2.14. The molecule has 1 heteroatoms. The Hall–Kier alpha value is -0.0400. The predicted molar refractivity (Wildman–Crippen MR) is 40.6 cm³/mol. The molecule has 2 bridgehead atoms. The summed E-state index contributed by atoms with van der Waals surface area (Å²) in [5.41, 5.74) is 0.308. The van der Waals surface area contributed by atoms with Gasteiger partial charge in [-0.1, -0.05) is 13.3 Å². The Labute approximate surface area is 62.4 Å². The molecule has 0 amide bonds. The molecule has 10 heavy (non-hydrogen) atoms. The minimum absolute atomic E-state index is 0.308. The third-order valence-electron chi connectivity index (χ3n) is 3.64. The van der Waals surface area contributed by atoms with Gasteiger partial charge >= 0.3 is 0 Å². The quantitative estimate of drug-likeness (QED) is 0.589. The molecule has 1 nitrogen and oxygen atoms in total. The van der Waals surface area contributed by atoms with Crippen molar-refractivity contribution in [3.63, 3.8) is 0 Å². The van der Waals surface area contributed by atoms with Gasteiger partial charge in [0.2, 0.25) is 0 Å². The number of hydrogen-bond acceptors (Lipinski definition) is 1. The summed E-state index contributed by atoms with van der Waals surface area (Å²) in [5, 5.41) is 9.15. The highest BCUT2D eigenvalue weighted by Gasteiger charge is 2.47. The van der Waals surface area contributed by atoms with Crippen LogP contribution >= 0.6 is 0 Å². The fraction of sp³-hybridized carbons (Fsp3) is 1.00. The lowest BCUT2D eigenvalue weighted by Crippen LogP contribution is -2.27. The van der Waals surface area contributed by atoms with Gasteiger partial charge in [0.1, 0.15) is 0 Å². The summed E-state index contributed by atoms with van der Waals surface area (Å²) in [6.07, 6.45) is 5.49. The van der Waals surface area contributed by atoms with Crippen LogP contribution in [0.25, 0.3) is 0 Å². The van der Waals surface area contributed by atoms with Gasteiger partial charge < -0.3 is 5.11 Å². The molecular formula is C9H16O. The molecule has 0 aromatic heterocycles. The van der Waals surface area contributed by atoms with Gasteiger partial charge in [-0.2, -0.15) is 0 Å². The topological polar surface area (TPSA) is 20.2 Å². The van der Waals surface area contributed by atoms with Crippen molar-refractivity contribution in [1.29, 1.82) is 0 Å². The summed E-state index contributed by atoms with van der Waals surface area (Å²) in [6.45, 7) is 2.66. The van der Waals surface area contributed by atoms with Crippen molar-refractivity contribution in [2.75, 3.05) is 6.61 Å². The first-order chi connectivity index (χ1) is 4.74. The predicted octanol–water partition coefficient (Wildman–Crippen LogP) is 1.80. The SMILES string of the molecule is CC1(CO)CC2CCC1C2. The van der Waals surface area contributed by atoms with Crippen molar-refractivity contribution < 1.29 is 5.11 Å². The fourth-order valence-corrected chi connectivity index (χ4v) is 2.91. The van der Waals surface area contributed by atoms with Gasteiger partial charge in [0.25, 0.3) is 0 Å². The average molecular weight is 140 g/mol.